The number of aliphatic carboxylic acids is 1. The average Bonchev–Trinajstić information content (AvgIpc) is 3.06. The molecule has 8 heteroatoms. The zero-order chi connectivity index (χ0) is 18.9. The van der Waals surface area contributed by atoms with Crippen molar-refractivity contribution in [2.75, 3.05) is 0 Å². The van der Waals surface area contributed by atoms with Crippen LogP contribution in [0.3, 0.4) is 0 Å². The Labute approximate surface area is 147 Å². The van der Waals surface area contributed by atoms with Crippen LogP contribution in [0.5, 0.6) is 0 Å². The Morgan fingerprint density at radius 2 is 1.77 bits per heavy atom. The summed E-state index contributed by atoms with van der Waals surface area (Å²) in [4.78, 5) is 29.2. The van der Waals surface area contributed by atoms with Crippen LogP contribution in [-0.2, 0) is 11.0 Å². The van der Waals surface area contributed by atoms with Crippen molar-refractivity contribution in [2.45, 2.75) is 31.1 Å². The lowest BCUT2D eigenvalue weighted by molar-refractivity contribution is -0.141. The van der Waals surface area contributed by atoms with E-state index in [2.05, 4.69) is 4.98 Å². The molecule has 0 aliphatic carbocycles. The molecule has 1 aliphatic heterocycles. The standard InChI is InChI=1S/C18H15F3N2O3/c19-18(20,21)12-6-7-13(22-10-12)16(24)23-14(8-9-15(23)17(25)26)11-4-2-1-3-5-11/h1-7,10,14-15H,8-9H2,(H,25,26)/t14-,15?/m0/s1. The third kappa shape index (κ3) is 3.40. The summed E-state index contributed by atoms with van der Waals surface area (Å²) in [6.07, 6.45) is -3.26. The van der Waals surface area contributed by atoms with Crippen LogP contribution in [0.25, 0.3) is 0 Å². The van der Waals surface area contributed by atoms with Gasteiger partial charge in [0.2, 0.25) is 0 Å². The molecule has 1 saturated heterocycles. The predicted octanol–water partition coefficient (Wildman–Crippen LogP) is 3.53. The molecule has 2 atom stereocenters. The number of carbonyl (C=O) groups excluding carboxylic acids is 1. The van der Waals surface area contributed by atoms with E-state index in [1.165, 1.54) is 4.90 Å². The van der Waals surface area contributed by atoms with Crippen LogP contribution in [0, 0.1) is 0 Å². The van der Waals surface area contributed by atoms with E-state index >= 15 is 0 Å². The maximum Gasteiger partial charge on any atom is 0.417 e. The molecule has 1 amide bonds. The van der Waals surface area contributed by atoms with Crippen LogP contribution in [0.15, 0.2) is 48.7 Å². The number of carboxylic acids is 1. The summed E-state index contributed by atoms with van der Waals surface area (Å²) in [6.45, 7) is 0. The summed E-state index contributed by atoms with van der Waals surface area (Å²) in [5.41, 5.74) is -0.409. The summed E-state index contributed by atoms with van der Waals surface area (Å²) in [7, 11) is 0. The third-order valence-electron chi connectivity index (χ3n) is 4.40. The van der Waals surface area contributed by atoms with Crippen molar-refractivity contribution in [1.29, 1.82) is 0 Å². The number of alkyl halides is 3. The smallest absolute Gasteiger partial charge is 0.417 e. The fraction of sp³-hybridized carbons (Fsp3) is 0.278. The van der Waals surface area contributed by atoms with Gasteiger partial charge in [-0.1, -0.05) is 30.3 Å². The van der Waals surface area contributed by atoms with Crippen LogP contribution < -0.4 is 0 Å². The summed E-state index contributed by atoms with van der Waals surface area (Å²) in [6, 6.07) is 9.17. The van der Waals surface area contributed by atoms with Crippen molar-refractivity contribution in [2.24, 2.45) is 0 Å². The second-order valence-corrected chi connectivity index (χ2v) is 6.00. The van der Waals surface area contributed by atoms with E-state index in [9.17, 15) is 27.9 Å². The largest absolute Gasteiger partial charge is 0.480 e. The Morgan fingerprint density at radius 1 is 1.08 bits per heavy atom. The van der Waals surface area contributed by atoms with E-state index in [1.54, 1.807) is 30.3 Å². The molecular weight excluding hydrogens is 349 g/mol. The maximum absolute atomic E-state index is 12.8. The SMILES string of the molecule is O=C(O)C1CC[C@@H](c2ccccc2)N1C(=O)c1ccc(C(F)(F)F)cn1. The molecule has 1 unspecified atom stereocenters. The Kier molecular flexibility index (Phi) is 4.67. The first kappa shape index (κ1) is 17.9. The third-order valence-corrected chi connectivity index (χ3v) is 4.40. The number of hydrogen-bond acceptors (Lipinski definition) is 3. The molecule has 1 fully saturated rings. The summed E-state index contributed by atoms with van der Waals surface area (Å²) in [5.74, 6) is -1.85. The van der Waals surface area contributed by atoms with Gasteiger partial charge in [-0.05, 0) is 30.5 Å². The van der Waals surface area contributed by atoms with Crippen molar-refractivity contribution in [1.82, 2.24) is 9.88 Å². The van der Waals surface area contributed by atoms with Crippen molar-refractivity contribution in [3.8, 4) is 0 Å². The average molecular weight is 364 g/mol. The number of pyridine rings is 1. The van der Waals surface area contributed by atoms with Crippen molar-refractivity contribution >= 4 is 11.9 Å². The predicted molar refractivity (Wildman–Crippen MR) is 85.2 cm³/mol. The number of aromatic nitrogens is 1. The lowest BCUT2D eigenvalue weighted by atomic mass is 10.0. The maximum atomic E-state index is 12.8. The normalized spacial score (nSPS) is 20.2. The van der Waals surface area contributed by atoms with Crippen molar-refractivity contribution < 1.29 is 27.9 Å². The molecule has 0 bridgehead atoms. The number of benzene rings is 1. The molecule has 5 nitrogen and oxygen atoms in total. The minimum Gasteiger partial charge on any atom is -0.480 e. The highest BCUT2D eigenvalue weighted by Gasteiger charge is 2.42. The fourth-order valence-corrected chi connectivity index (χ4v) is 3.16. The molecule has 1 aromatic heterocycles. The minimum atomic E-state index is -4.56. The zero-order valence-corrected chi connectivity index (χ0v) is 13.5. The Morgan fingerprint density at radius 3 is 2.31 bits per heavy atom. The Hall–Kier alpha value is -2.90. The molecule has 1 aromatic carbocycles. The summed E-state index contributed by atoms with van der Waals surface area (Å²) in [5, 5.41) is 9.43. The molecule has 2 heterocycles. The van der Waals surface area contributed by atoms with Crippen molar-refractivity contribution in [3.05, 3.63) is 65.5 Å². The van der Waals surface area contributed by atoms with Crippen LogP contribution in [0.1, 0.15) is 40.5 Å². The topological polar surface area (TPSA) is 70.5 Å². The van der Waals surface area contributed by atoms with E-state index in [0.29, 0.717) is 12.6 Å². The lowest BCUT2D eigenvalue weighted by Gasteiger charge is -2.28. The molecule has 26 heavy (non-hydrogen) atoms. The van der Waals surface area contributed by atoms with Crippen LogP contribution in [0.4, 0.5) is 13.2 Å². The minimum absolute atomic E-state index is 0.216. The van der Waals surface area contributed by atoms with E-state index in [0.717, 1.165) is 17.7 Å². The first-order chi connectivity index (χ1) is 12.3. The molecule has 3 rings (SSSR count). The quantitative estimate of drug-likeness (QED) is 0.905. The van der Waals surface area contributed by atoms with Gasteiger partial charge in [0.05, 0.1) is 11.6 Å². The van der Waals surface area contributed by atoms with Crippen LogP contribution >= 0.6 is 0 Å². The van der Waals surface area contributed by atoms with Gasteiger partial charge in [0, 0.05) is 6.20 Å². The van der Waals surface area contributed by atoms with Gasteiger partial charge in [0.25, 0.3) is 5.91 Å². The molecule has 1 aliphatic rings. The van der Waals surface area contributed by atoms with Gasteiger partial charge in [-0.25, -0.2) is 4.79 Å². The van der Waals surface area contributed by atoms with Gasteiger partial charge in [-0.3, -0.25) is 9.78 Å². The highest BCUT2D eigenvalue weighted by molar-refractivity contribution is 5.95. The highest BCUT2D eigenvalue weighted by Crippen LogP contribution is 2.37. The van der Waals surface area contributed by atoms with Crippen LogP contribution in [0.2, 0.25) is 0 Å². The van der Waals surface area contributed by atoms with Gasteiger partial charge in [-0.2, -0.15) is 13.2 Å². The van der Waals surface area contributed by atoms with E-state index in [-0.39, 0.29) is 12.1 Å². The molecule has 0 spiro atoms. The number of likely N-dealkylation sites (tertiary alicyclic amines) is 1. The van der Waals surface area contributed by atoms with Gasteiger partial charge < -0.3 is 10.0 Å². The number of carbonyl (C=O) groups is 2. The number of carboxylic acid groups (broad SMARTS) is 1. The van der Waals surface area contributed by atoms with Gasteiger partial charge in [0.15, 0.2) is 0 Å². The van der Waals surface area contributed by atoms with E-state index in [1.807, 2.05) is 0 Å². The first-order valence-electron chi connectivity index (χ1n) is 7.92. The summed E-state index contributed by atoms with van der Waals surface area (Å²) >= 11 is 0. The molecular formula is C18H15F3N2O3. The zero-order valence-electron chi connectivity index (χ0n) is 13.5. The Bertz CT molecular complexity index is 807. The van der Waals surface area contributed by atoms with E-state index < -0.39 is 35.7 Å². The lowest BCUT2D eigenvalue weighted by Crippen LogP contribution is -2.42. The number of amides is 1. The second kappa shape index (κ2) is 6.78. The monoisotopic (exact) mass is 364 g/mol. The number of hydrogen-bond donors (Lipinski definition) is 1. The molecule has 2 aromatic rings. The van der Waals surface area contributed by atoms with Crippen molar-refractivity contribution in [3.63, 3.8) is 0 Å². The second-order valence-electron chi connectivity index (χ2n) is 6.00. The van der Waals surface area contributed by atoms with Gasteiger partial charge >= 0.3 is 12.1 Å². The van der Waals surface area contributed by atoms with Crippen LogP contribution in [-0.4, -0.2) is 32.9 Å². The number of nitrogens with zero attached hydrogens (tertiary/aromatic N) is 2. The summed E-state index contributed by atoms with van der Waals surface area (Å²) < 4.78 is 38.0. The first-order valence-corrected chi connectivity index (χ1v) is 7.92. The number of halogens is 3. The molecule has 136 valence electrons. The molecule has 0 saturated carbocycles. The molecule has 1 N–H and O–H groups in total. The van der Waals surface area contributed by atoms with Gasteiger partial charge in [-0.15, -0.1) is 0 Å². The Balaban J connectivity index is 1.94. The molecule has 0 radical (unpaired) electrons. The van der Waals surface area contributed by atoms with E-state index in [4.69, 9.17) is 0 Å². The highest BCUT2D eigenvalue weighted by atomic mass is 19.4. The van der Waals surface area contributed by atoms with Gasteiger partial charge in [0.1, 0.15) is 11.7 Å². The number of rotatable bonds is 3. The fourth-order valence-electron chi connectivity index (χ4n) is 3.16.